The highest BCUT2D eigenvalue weighted by Crippen LogP contribution is 2.23. The second-order valence-corrected chi connectivity index (χ2v) is 9.83. The molecule has 0 unspecified atom stereocenters. The van der Waals surface area contributed by atoms with Crippen molar-refractivity contribution < 1.29 is 22.7 Å². The number of benzene rings is 3. The van der Waals surface area contributed by atoms with E-state index in [2.05, 4.69) is 0 Å². The number of hydrogen-bond acceptors (Lipinski definition) is 5. The first-order chi connectivity index (χ1) is 15.9. The summed E-state index contributed by atoms with van der Waals surface area (Å²) in [5.74, 6) is -0.458. The number of hydrogen-bond donors (Lipinski definition) is 0. The first-order valence-corrected chi connectivity index (χ1v) is 12.4. The Labute approximate surface area is 193 Å². The van der Waals surface area contributed by atoms with E-state index in [-0.39, 0.29) is 36.3 Å². The molecule has 172 valence electrons. The molecule has 0 atom stereocenters. The number of carbonyl (C=O) groups excluding carboxylic acids is 2. The summed E-state index contributed by atoms with van der Waals surface area (Å²) in [7, 11) is -3.63. The number of rotatable bonds is 6. The standard InChI is InChI=1S/C25H26N2O5S/c1-2-32-25(29)21-9-7-19(8-10-21)17-24(28)26-13-15-27(16-14-26)33(30,31)23-12-11-20-5-3-4-6-22(20)18-23/h3-12,18H,2,13-17H2,1H3. The highest BCUT2D eigenvalue weighted by Gasteiger charge is 2.30. The molecule has 3 aromatic carbocycles. The van der Waals surface area contributed by atoms with E-state index >= 15 is 0 Å². The maximum atomic E-state index is 13.1. The van der Waals surface area contributed by atoms with Gasteiger partial charge in [0.15, 0.2) is 0 Å². The Morgan fingerprint density at radius 2 is 1.55 bits per heavy atom. The fourth-order valence-electron chi connectivity index (χ4n) is 3.91. The second-order valence-electron chi connectivity index (χ2n) is 7.89. The van der Waals surface area contributed by atoms with Gasteiger partial charge in [-0.25, -0.2) is 13.2 Å². The molecule has 33 heavy (non-hydrogen) atoms. The lowest BCUT2D eigenvalue weighted by Gasteiger charge is -2.34. The predicted molar refractivity (Wildman–Crippen MR) is 125 cm³/mol. The summed E-state index contributed by atoms with van der Waals surface area (Å²) in [5, 5.41) is 1.86. The van der Waals surface area contributed by atoms with Crippen LogP contribution in [-0.2, 0) is 26.0 Å². The zero-order chi connectivity index (χ0) is 23.4. The Kier molecular flexibility index (Phi) is 6.76. The van der Waals surface area contributed by atoms with Crippen LogP contribution in [0.2, 0.25) is 0 Å². The van der Waals surface area contributed by atoms with Crippen molar-refractivity contribution in [3.8, 4) is 0 Å². The van der Waals surface area contributed by atoms with Gasteiger partial charge in [0.2, 0.25) is 15.9 Å². The molecule has 0 aromatic heterocycles. The maximum Gasteiger partial charge on any atom is 0.338 e. The molecular weight excluding hydrogens is 440 g/mol. The monoisotopic (exact) mass is 466 g/mol. The molecule has 0 N–H and O–H groups in total. The number of amides is 1. The number of carbonyl (C=O) groups is 2. The third kappa shape index (κ3) is 5.07. The molecule has 1 aliphatic heterocycles. The van der Waals surface area contributed by atoms with Crippen LogP contribution in [0.1, 0.15) is 22.8 Å². The van der Waals surface area contributed by atoms with Crippen molar-refractivity contribution in [1.82, 2.24) is 9.21 Å². The van der Waals surface area contributed by atoms with E-state index in [4.69, 9.17) is 4.74 Å². The van der Waals surface area contributed by atoms with Gasteiger partial charge in [0.05, 0.1) is 23.5 Å². The molecule has 3 aromatic rings. The van der Waals surface area contributed by atoms with E-state index in [1.165, 1.54) is 4.31 Å². The Morgan fingerprint density at radius 3 is 2.21 bits per heavy atom. The average molecular weight is 467 g/mol. The molecule has 8 heteroatoms. The Balaban J connectivity index is 1.36. The van der Waals surface area contributed by atoms with Gasteiger partial charge in [0.1, 0.15) is 0 Å². The molecule has 0 saturated carbocycles. The van der Waals surface area contributed by atoms with Crippen molar-refractivity contribution in [1.29, 1.82) is 0 Å². The number of sulfonamides is 1. The number of nitrogens with zero attached hydrogens (tertiary/aromatic N) is 2. The molecule has 0 bridgehead atoms. The molecule has 1 amide bonds. The zero-order valence-electron chi connectivity index (χ0n) is 18.4. The minimum atomic E-state index is -3.63. The topological polar surface area (TPSA) is 84.0 Å². The van der Waals surface area contributed by atoms with Crippen molar-refractivity contribution in [2.45, 2.75) is 18.2 Å². The first-order valence-electron chi connectivity index (χ1n) is 10.9. The van der Waals surface area contributed by atoms with Crippen molar-refractivity contribution in [3.05, 3.63) is 77.9 Å². The Morgan fingerprint density at radius 1 is 0.879 bits per heavy atom. The Hall–Kier alpha value is -3.23. The molecule has 4 rings (SSSR count). The summed E-state index contributed by atoms with van der Waals surface area (Å²) < 4.78 is 32.6. The number of esters is 1. The summed E-state index contributed by atoms with van der Waals surface area (Å²) in [4.78, 5) is 26.4. The molecule has 1 fully saturated rings. The molecule has 0 aliphatic carbocycles. The van der Waals surface area contributed by atoms with Gasteiger partial charge in [-0.05, 0) is 47.5 Å². The molecule has 0 radical (unpaired) electrons. The number of piperazine rings is 1. The van der Waals surface area contributed by atoms with Crippen LogP contribution in [0.4, 0.5) is 0 Å². The fourth-order valence-corrected chi connectivity index (χ4v) is 5.37. The first kappa shape index (κ1) is 22.9. The summed E-state index contributed by atoms with van der Waals surface area (Å²) in [6, 6.07) is 19.6. The van der Waals surface area contributed by atoms with Crippen LogP contribution in [0.15, 0.2) is 71.6 Å². The maximum absolute atomic E-state index is 13.1. The van der Waals surface area contributed by atoms with E-state index in [0.29, 0.717) is 25.3 Å². The third-order valence-electron chi connectivity index (χ3n) is 5.77. The van der Waals surface area contributed by atoms with Crippen molar-refractivity contribution in [3.63, 3.8) is 0 Å². The number of ether oxygens (including phenoxy) is 1. The van der Waals surface area contributed by atoms with E-state index in [0.717, 1.165) is 16.3 Å². The summed E-state index contributed by atoms with van der Waals surface area (Å²) in [5.41, 5.74) is 1.24. The normalized spacial score (nSPS) is 14.9. The summed E-state index contributed by atoms with van der Waals surface area (Å²) >= 11 is 0. The minimum absolute atomic E-state index is 0.0679. The predicted octanol–water partition coefficient (Wildman–Crippen LogP) is 3.09. The SMILES string of the molecule is CCOC(=O)c1ccc(CC(=O)N2CCN(S(=O)(=O)c3ccc4ccccc4c3)CC2)cc1. The quantitative estimate of drug-likeness (QED) is 0.522. The van der Waals surface area contributed by atoms with E-state index in [1.54, 1.807) is 48.2 Å². The molecular formula is C25H26N2O5S. The van der Waals surface area contributed by atoms with Crippen LogP contribution in [-0.4, -0.2) is 62.3 Å². The second kappa shape index (κ2) is 9.72. The van der Waals surface area contributed by atoms with Gasteiger partial charge in [0.25, 0.3) is 0 Å². The minimum Gasteiger partial charge on any atom is -0.462 e. The van der Waals surface area contributed by atoms with Gasteiger partial charge >= 0.3 is 5.97 Å². The van der Waals surface area contributed by atoms with Crippen LogP contribution in [0.5, 0.6) is 0 Å². The van der Waals surface area contributed by atoms with Crippen LogP contribution < -0.4 is 0 Å². The van der Waals surface area contributed by atoms with Gasteiger partial charge < -0.3 is 9.64 Å². The van der Waals surface area contributed by atoms with Crippen LogP contribution in [0, 0.1) is 0 Å². The van der Waals surface area contributed by atoms with Crippen LogP contribution in [0.25, 0.3) is 10.8 Å². The Bertz CT molecular complexity index is 1260. The van der Waals surface area contributed by atoms with Gasteiger partial charge in [-0.2, -0.15) is 4.31 Å². The largest absolute Gasteiger partial charge is 0.462 e. The lowest BCUT2D eigenvalue weighted by atomic mass is 10.1. The molecule has 0 spiro atoms. The lowest BCUT2D eigenvalue weighted by Crippen LogP contribution is -2.50. The highest BCUT2D eigenvalue weighted by molar-refractivity contribution is 7.89. The molecule has 1 heterocycles. The third-order valence-corrected chi connectivity index (χ3v) is 7.67. The highest BCUT2D eigenvalue weighted by atomic mass is 32.2. The summed E-state index contributed by atoms with van der Waals surface area (Å²) in [6.07, 6.45) is 0.195. The number of fused-ring (bicyclic) bond motifs is 1. The van der Waals surface area contributed by atoms with E-state index in [9.17, 15) is 18.0 Å². The smallest absolute Gasteiger partial charge is 0.338 e. The summed E-state index contributed by atoms with van der Waals surface area (Å²) in [6.45, 7) is 3.24. The lowest BCUT2D eigenvalue weighted by molar-refractivity contribution is -0.131. The van der Waals surface area contributed by atoms with Gasteiger partial charge in [-0.15, -0.1) is 0 Å². The van der Waals surface area contributed by atoms with Crippen LogP contribution in [0.3, 0.4) is 0 Å². The van der Waals surface area contributed by atoms with Gasteiger partial charge in [-0.1, -0.05) is 42.5 Å². The van der Waals surface area contributed by atoms with Crippen molar-refractivity contribution in [2.24, 2.45) is 0 Å². The van der Waals surface area contributed by atoms with Gasteiger partial charge in [-0.3, -0.25) is 4.79 Å². The zero-order valence-corrected chi connectivity index (χ0v) is 19.3. The average Bonchev–Trinajstić information content (AvgIpc) is 2.84. The van der Waals surface area contributed by atoms with E-state index in [1.807, 2.05) is 30.3 Å². The fraction of sp³-hybridized carbons (Fsp3) is 0.280. The molecule has 1 aliphatic rings. The van der Waals surface area contributed by atoms with Crippen molar-refractivity contribution >= 4 is 32.7 Å². The van der Waals surface area contributed by atoms with E-state index < -0.39 is 10.0 Å². The van der Waals surface area contributed by atoms with Gasteiger partial charge in [0, 0.05) is 26.2 Å². The molecule has 7 nitrogen and oxygen atoms in total. The van der Waals surface area contributed by atoms with Crippen molar-refractivity contribution in [2.75, 3.05) is 32.8 Å². The van der Waals surface area contributed by atoms with Crippen LogP contribution >= 0.6 is 0 Å². The molecule has 1 saturated heterocycles.